The average Bonchev–Trinajstić information content (AvgIpc) is 2.30. The molecule has 0 aliphatic rings. The van der Waals surface area contributed by atoms with Crippen molar-refractivity contribution in [1.82, 2.24) is 4.90 Å². The zero-order valence-corrected chi connectivity index (χ0v) is 10.3. The van der Waals surface area contributed by atoms with Gasteiger partial charge in [0.25, 0.3) is 0 Å². The first-order valence-electron chi connectivity index (χ1n) is 5.72. The second kappa shape index (κ2) is 7.04. The molecule has 0 unspecified atom stereocenters. The Kier molecular flexibility index (Phi) is 5.66. The topological polar surface area (TPSA) is 49.8 Å². The minimum atomic E-state index is -0.888. The molecule has 0 saturated carbocycles. The molecular formula is C13H19NO3. The minimum Gasteiger partial charge on any atom is -0.478 e. The molecule has 94 valence electrons. The molecule has 0 bridgehead atoms. The van der Waals surface area contributed by atoms with Gasteiger partial charge in [-0.15, -0.1) is 0 Å². The summed E-state index contributed by atoms with van der Waals surface area (Å²) >= 11 is 0. The molecule has 0 aliphatic carbocycles. The van der Waals surface area contributed by atoms with Crippen molar-refractivity contribution in [2.24, 2.45) is 0 Å². The van der Waals surface area contributed by atoms with Gasteiger partial charge >= 0.3 is 5.97 Å². The summed E-state index contributed by atoms with van der Waals surface area (Å²) in [6.07, 6.45) is 0. The van der Waals surface area contributed by atoms with Crippen molar-refractivity contribution in [2.45, 2.75) is 13.5 Å². The van der Waals surface area contributed by atoms with Gasteiger partial charge in [-0.25, -0.2) is 4.79 Å². The van der Waals surface area contributed by atoms with Crippen LogP contribution in [0.4, 0.5) is 0 Å². The second-order valence-corrected chi connectivity index (χ2v) is 3.94. The van der Waals surface area contributed by atoms with E-state index in [0.717, 1.165) is 31.9 Å². The van der Waals surface area contributed by atoms with Crippen molar-refractivity contribution in [3.63, 3.8) is 0 Å². The smallest absolute Gasteiger partial charge is 0.335 e. The molecule has 0 atom stereocenters. The quantitative estimate of drug-likeness (QED) is 0.735. The third-order valence-electron chi connectivity index (χ3n) is 2.47. The molecular weight excluding hydrogens is 218 g/mol. The van der Waals surface area contributed by atoms with Crippen LogP contribution in [0.5, 0.6) is 0 Å². The molecule has 1 N–H and O–H groups in total. The Morgan fingerprint density at radius 3 is 2.53 bits per heavy atom. The third kappa shape index (κ3) is 4.97. The van der Waals surface area contributed by atoms with E-state index >= 15 is 0 Å². The van der Waals surface area contributed by atoms with Crippen LogP contribution in [0.15, 0.2) is 24.3 Å². The zero-order chi connectivity index (χ0) is 12.7. The van der Waals surface area contributed by atoms with Crippen LogP contribution in [0, 0.1) is 0 Å². The first-order chi connectivity index (χ1) is 8.13. The van der Waals surface area contributed by atoms with Crippen LogP contribution in [0.3, 0.4) is 0 Å². The van der Waals surface area contributed by atoms with E-state index < -0.39 is 5.97 Å². The number of carbonyl (C=O) groups is 1. The summed E-state index contributed by atoms with van der Waals surface area (Å²) in [5.74, 6) is -0.888. The van der Waals surface area contributed by atoms with Crippen LogP contribution in [0.1, 0.15) is 22.8 Å². The molecule has 0 fully saturated rings. The number of aromatic carboxylic acids is 1. The van der Waals surface area contributed by atoms with Crippen LogP contribution < -0.4 is 0 Å². The summed E-state index contributed by atoms with van der Waals surface area (Å²) in [4.78, 5) is 12.8. The zero-order valence-electron chi connectivity index (χ0n) is 10.3. The van der Waals surface area contributed by atoms with Crippen molar-refractivity contribution in [1.29, 1.82) is 0 Å². The molecule has 4 nitrogen and oxygen atoms in total. The summed E-state index contributed by atoms with van der Waals surface area (Å²) in [6.45, 7) is 5.10. The highest BCUT2D eigenvalue weighted by molar-refractivity contribution is 5.87. The maximum absolute atomic E-state index is 10.7. The van der Waals surface area contributed by atoms with Gasteiger partial charge in [-0.05, 0) is 31.7 Å². The lowest BCUT2D eigenvalue weighted by Gasteiger charge is -2.16. The standard InChI is InChI=1S/C13H19NO3/c1-3-17-9-8-14(2)10-11-4-6-12(7-5-11)13(15)16/h4-7H,3,8-10H2,1-2H3,(H,15,16). The molecule has 17 heavy (non-hydrogen) atoms. The fourth-order valence-corrected chi connectivity index (χ4v) is 1.51. The SMILES string of the molecule is CCOCCN(C)Cc1ccc(C(=O)O)cc1. The van der Waals surface area contributed by atoms with Crippen LogP contribution in [0.2, 0.25) is 0 Å². The largest absolute Gasteiger partial charge is 0.478 e. The maximum Gasteiger partial charge on any atom is 0.335 e. The summed E-state index contributed by atoms with van der Waals surface area (Å²) in [6, 6.07) is 6.96. The van der Waals surface area contributed by atoms with E-state index in [-0.39, 0.29) is 0 Å². The van der Waals surface area contributed by atoms with E-state index in [0.29, 0.717) is 5.56 Å². The molecule has 1 rings (SSSR count). The van der Waals surface area contributed by atoms with Gasteiger partial charge < -0.3 is 9.84 Å². The van der Waals surface area contributed by atoms with E-state index in [1.165, 1.54) is 0 Å². The Bertz CT molecular complexity index is 348. The highest BCUT2D eigenvalue weighted by atomic mass is 16.5. The Morgan fingerprint density at radius 2 is 2.00 bits per heavy atom. The van der Waals surface area contributed by atoms with E-state index in [9.17, 15) is 4.79 Å². The van der Waals surface area contributed by atoms with Gasteiger partial charge in [-0.1, -0.05) is 12.1 Å². The second-order valence-electron chi connectivity index (χ2n) is 3.94. The molecule has 0 saturated heterocycles. The number of hydrogen-bond acceptors (Lipinski definition) is 3. The Labute approximate surface area is 102 Å². The van der Waals surface area contributed by atoms with Gasteiger partial charge in [0.05, 0.1) is 12.2 Å². The number of nitrogens with zero attached hydrogens (tertiary/aromatic N) is 1. The summed E-state index contributed by atoms with van der Waals surface area (Å²) in [7, 11) is 2.02. The van der Waals surface area contributed by atoms with Gasteiger partial charge in [0.15, 0.2) is 0 Å². The number of benzene rings is 1. The van der Waals surface area contributed by atoms with Gasteiger partial charge in [0, 0.05) is 19.7 Å². The fraction of sp³-hybridized carbons (Fsp3) is 0.462. The molecule has 0 aromatic heterocycles. The lowest BCUT2D eigenvalue weighted by atomic mass is 10.1. The van der Waals surface area contributed by atoms with Crippen molar-refractivity contribution in [2.75, 3.05) is 26.8 Å². The number of carboxylic acids is 1. The summed E-state index contributed by atoms with van der Waals surface area (Å²) < 4.78 is 5.27. The van der Waals surface area contributed by atoms with Crippen LogP contribution in [-0.2, 0) is 11.3 Å². The van der Waals surface area contributed by atoms with Crippen LogP contribution >= 0.6 is 0 Å². The van der Waals surface area contributed by atoms with Gasteiger partial charge in [0.2, 0.25) is 0 Å². The monoisotopic (exact) mass is 237 g/mol. The molecule has 4 heteroatoms. The van der Waals surface area contributed by atoms with Crippen LogP contribution in [-0.4, -0.2) is 42.8 Å². The number of likely N-dealkylation sites (N-methyl/N-ethyl adjacent to an activating group) is 1. The van der Waals surface area contributed by atoms with Gasteiger partial charge in [-0.2, -0.15) is 0 Å². The van der Waals surface area contributed by atoms with Gasteiger partial charge in [0.1, 0.15) is 0 Å². The number of rotatable bonds is 7. The number of hydrogen-bond donors (Lipinski definition) is 1. The van der Waals surface area contributed by atoms with E-state index in [1.807, 2.05) is 26.1 Å². The Balaban J connectivity index is 2.43. The highest BCUT2D eigenvalue weighted by Crippen LogP contribution is 2.06. The lowest BCUT2D eigenvalue weighted by molar-refractivity contribution is 0.0697. The van der Waals surface area contributed by atoms with Crippen molar-refractivity contribution in [3.05, 3.63) is 35.4 Å². The molecule has 0 amide bonds. The first-order valence-corrected chi connectivity index (χ1v) is 5.72. The van der Waals surface area contributed by atoms with Crippen molar-refractivity contribution in [3.8, 4) is 0 Å². The predicted octanol–water partition coefficient (Wildman–Crippen LogP) is 1.85. The van der Waals surface area contributed by atoms with Gasteiger partial charge in [-0.3, -0.25) is 4.90 Å². The minimum absolute atomic E-state index is 0.325. The maximum atomic E-state index is 10.7. The van der Waals surface area contributed by atoms with E-state index in [4.69, 9.17) is 9.84 Å². The van der Waals surface area contributed by atoms with E-state index in [1.54, 1.807) is 12.1 Å². The predicted molar refractivity (Wildman–Crippen MR) is 66.2 cm³/mol. The van der Waals surface area contributed by atoms with Crippen LogP contribution in [0.25, 0.3) is 0 Å². The first kappa shape index (κ1) is 13.7. The number of ether oxygens (including phenoxy) is 1. The van der Waals surface area contributed by atoms with E-state index in [2.05, 4.69) is 4.90 Å². The molecule has 1 aromatic rings. The number of carboxylic acid groups (broad SMARTS) is 1. The third-order valence-corrected chi connectivity index (χ3v) is 2.47. The summed E-state index contributed by atoms with van der Waals surface area (Å²) in [5.41, 5.74) is 1.43. The Morgan fingerprint density at radius 1 is 1.35 bits per heavy atom. The van der Waals surface area contributed by atoms with Crippen molar-refractivity contribution < 1.29 is 14.6 Å². The van der Waals surface area contributed by atoms with Crippen molar-refractivity contribution >= 4 is 5.97 Å². The molecule has 0 spiro atoms. The Hall–Kier alpha value is -1.39. The normalized spacial score (nSPS) is 10.8. The highest BCUT2D eigenvalue weighted by Gasteiger charge is 2.03. The fourth-order valence-electron chi connectivity index (χ4n) is 1.51. The molecule has 1 aromatic carbocycles. The summed E-state index contributed by atoms with van der Waals surface area (Å²) in [5, 5.41) is 8.77. The average molecular weight is 237 g/mol. The molecule has 0 heterocycles. The molecule has 0 aliphatic heterocycles. The lowest BCUT2D eigenvalue weighted by Crippen LogP contribution is -2.22. The molecule has 0 radical (unpaired) electrons.